The van der Waals surface area contributed by atoms with Gasteiger partial charge < -0.3 is 4.74 Å². The molecule has 0 bridgehead atoms. The van der Waals surface area contributed by atoms with Gasteiger partial charge in [-0.05, 0) is 77.8 Å². The van der Waals surface area contributed by atoms with E-state index in [-0.39, 0.29) is 5.41 Å². The van der Waals surface area contributed by atoms with Crippen LogP contribution in [0.25, 0.3) is 21.9 Å². The largest absolute Gasteiger partial charge is 0.496 e. The van der Waals surface area contributed by atoms with Crippen LogP contribution in [-0.2, 0) is 5.41 Å². The second-order valence-corrected chi connectivity index (χ2v) is 8.63. The molecule has 0 aromatic heterocycles. The van der Waals surface area contributed by atoms with Crippen molar-refractivity contribution in [2.24, 2.45) is 5.92 Å². The van der Waals surface area contributed by atoms with E-state index < -0.39 is 0 Å². The van der Waals surface area contributed by atoms with Crippen LogP contribution < -0.4 is 4.74 Å². The molecule has 0 heterocycles. The van der Waals surface area contributed by atoms with Crippen molar-refractivity contribution in [3.8, 4) is 16.9 Å². The molecule has 0 spiro atoms. The van der Waals surface area contributed by atoms with Crippen LogP contribution >= 0.6 is 0 Å². The first-order valence-corrected chi connectivity index (χ1v) is 11.9. The Morgan fingerprint density at radius 3 is 2.28 bits per heavy atom. The number of methoxy groups -OCH3 is 1. The minimum Gasteiger partial charge on any atom is -0.496 e. The number of aldehydes is 1. The van der Waals surface area contributed by atoms with Crippen molar-refractivity contribution in [1.82, 2.24) is 0 Å². The van der Waals surface area contributed by atoms with Crippen molar-refractivity contribution in [2.45, 2.75) is 58.8 Å². The molecular weight excluding hydrogens is 392 g/mol. The Morgan fingerprint density at radius 1 is 1.00 bits per heavy atom. The van der Waals surface area contributed by atoms with E-state index in [1.54, 1.807) is 7.11 Å². The van der Waals surface area contributed by atoms with E-state index in [9.17, 15) is 4.79 Å². The normalized spacial score (nSPS) is 20.0. The van der Waals surface area contributed by atoms with Crippen molar-refractivity contribution in [2.75, 3.05) is 7.11 Å². The average molecular weight is 429 g/mol. The zero-order chi connectivity index (χ0) is 23.3. The highest BCUT2D eigenvalue weighted by atomic mass is 16.5. The van der Waals surface area contributed by atoms with E-state index in [0.29, 0.717) is 11.5 Å². The Hall–Kier alpha value is -2.87. The van der Waals surface area contributed by atoms with E-state index >= 15 is 0 Å². The average Bonchev–Trinajstić information content (AvgIpc) is 3.20. The summed E-state index contributed by atoms with van der Waals surface area (Å²) >= 11 is 0. The third-order valence-corrected chi connectivity index (χ3v) is 7.05. The second-order valence-electron chi connectivity index (χ2n) is 8.63. The van der Waals surface area contributed by atoms with Gasteiger partial charge in [-0.15, -0.1) is 0 Å². The number of carbonyl (C=O) groups is 1. The van der Waals surface area contributed by atoms with Crippen molar-refractivity contribution >= 4 is 17.1 Å². The quantitative estimate of drug-likeness (QED) is 0.291. The summed E-state index contributed by atoms with van der Waals surface area (Å²) in [6, 6.07) is 18.9. The number of hydrogen-bond acceptors (Lipinski definition) is 2. The molecule has 1 aliphatic carbocycles. The molecular formula is C30H36O2. The summed E-state index contributed by atoms with van der Waals surface area (Å²) in [5.41, 5.74) is 5.86. The summed E-state index contributed by atoms with van der Waals surface area (Å²) in [5.74, 6) is 1.56. The van der Waals surface area contributed by atoms with Gasteiger partial charge in [0.25, 0.3) is 0 Å². The minimum atomic E-state index is 0.0921. The van der Waals surface area contributed by atoms with Gasteiger partial charge in [-0.1, -0.05) is 70.2 Å². The SMILES string of the molecule is C=C1CC(CC)(c2cc(-c3ccc4cc(C=O)ccc4c3)ccc2OC)CC1CC.CC. The molecule has 3 aromatic rings. The van der Waals surface area contributed by atoms with Crippen LogP contribution in [0.3, 0.4) is 0 Å². The molecule has 0 aliphatic heterocycles. The van der Waals surface area contributed by atoms with Gasteiger partial charge in [0, 0.05) is 16.5 Å². The summed E-state index contributed by atoms with van der Waals surface area (Å²) < 4.78 is 5.81. The molecule has 32 heavy (non-hydrogen) atoms. The summed E-state index contributed by atoms with van der Waals surface area (Å²) in [5, 5.41) is 2.22. The summed E-state index contributed by atoms with van der Waals surface area (Å²) in [4.78, 5) is 11.1. The predicted octanol–water partition coefficient (Wildman–Crippen LogP) is 8.38. The number of rotatable bonds is 6. The molecule has 2 unspecified atom stereocenters. The van der Waals surface area contributed by atoms with Gasteiger partial charge in [-0.2, -0.15) is 0 Å². The maximum Gasteiger partial charge on any atom is 0.150 e. The first-order valence-electron chi connectivity index (χ1n) is 11.9. The topological polar surface area (TPSA) is 26.3 Å². The lowest BCUT2D eigenvalue weighted by molar-refractivity contribution is 0.112. The van der Waals surface area contributed by atoms with Gasteiger partial charge in [0.05, 0.1) is 7.11 Å². The molecule has 1 aliphatic rings. The standard InChI is InChI=1S/C28H30O2.C2H6/c1-5-21-17-28(6-2,16-19(21)3)26-15-25(11-12-27(26)30-4)24-10-9-22-13-20(18-29)7-8-23(22)14-24;1-2/h7-15,18,21H,3,5-6,16-17H2,1-2,4H3;1-2H3. The van der Waals surface area contributed by atoms with Gasteiger partial charge >= 0.3 is 0 Å². The van der Waals surface area contributed by atoms with E-state index in [2.05, 4.69) is 56.8 Å². The Morgan fingerprint density at radius 2 is 1.66 bits per heavy atom. The number of benzene rings is 3. The number of hydrogen-bond donors (Lipinski definition) is 0. The number of ether oxygens (including phenoxy) is 1. The third-order valence-electron chi connectivity index (χ3n) is 7.05. The molecule has 4 rings (SSSR count). The third kappa shape index (κ3) is 4.37. The van der Waals surface area contributed by atoms with Crippen LogP contribution in [0.4, 0.5) is 0 Å². The first kappa shape index (κ1) is 23.8. The van der Waals surface area contributed by atoms with Gasteiger partial charge in [-0.3, -0.25) is 4.79 Å². The number of fused-ring (bicyclic) bond motifs is 1. The molecule has 2 atom stereocenters. The fourth-order valence-corrected chi connectivity index (χ4v) is 5.18. The molecule has 0 saturated heterocycles. The van der Waals surface area contributed by atoms with Crippen molar-refractivity contribution in [1.29, 1.82) is 0 Å². The van der Waals surface area contributed by atoms with E-state index in [0.717, 1.165) is 48.5 Å². The highest BCUT2D eigenvalue weighted by molar-refractivity contribution is 5.91. The Kier molecular flexibility index (Phi) is 7.56. The Labute approximate surface area is 193 Å². The molecule has 168 valence electrons. The maximum absolute atomic E-state index is 11.1. The lowest BCUT2D eigenvalue weighted by Crippen LogP contribution is -2.22. The maximum atomic E-state index is 11.1. The zero-order valence-electron chi connectivity index (χ0n) is 20.2. The summed E-state index contributed by atoms with van der Waals surface area (Å²) in [6.45, 7) is 12.9. The Bertz CT molecular complexity index is 1110. The molecule has 0 radical (unpaired) electrons. The highest BCUT2D eigenvalue weighted by Gasteiger charge is 2.42. The van der Waals surface area contributed by atoms with Gasteiger partial charge in [0.1, 0.15) is 12.0 Å². The first-order chi connectivity index (χ1) is 15.5. The molecule has 1 fully saturated rings. The van der Waals surface area contributed by atoms with E-state index in [1.807, 2.05) is 32.0 Å². The van der Waals surface area contributed by atoms with Crippen molar-refractivity contribution in [3.05, 3.63) is 77.9 Å². The fraction of sp³-hybridized carbons (Fsp3) is 0.367. The summed E-state index contributed by atoms with van der Waals surface area (Å²) in [7, 11) is 1.77. The summed E-state index contributed by atoms with van der Waals surface area (Å²) in [6.07, 6.45) is 5.30. The number of carbonyl (C=O) groups excluding carboxylic acids is 1. The van der Waals surface area contributed by atoms with Crippen molar-refractivity contribution < 1.29 is 9.53 Å². The van der Waals surface area contributed by atoms with Crippen LogP contribution in [0.2, 0.25) is 0 Å². The molecule has 1 saturated carbocycles. The monoisotopic (exact) mass is 428 g/mol. The van der Waals surface area contributed by atoms with Crippen LogP contribution in [-0.4, -0.2) is 13.4 Å². The molecule has 3 aromatic carbocycles. The van der Waals surface area contributed by atoms with Crippen LogP contribution in [0, 0.1) is 5.92 Å². The molecule has 2 nitrogen and oxygen atoms in total. The van der Waals surface area contributed by atoms with Crippen LogP contribution in [0.1, 0.15) is 69.3 Å². The van der Waals surface area contributed by atoms with Crippen LogP contribution in [0.15, 0.2) is 66.7 Å². The predicted molar refractivity (Wildman–Crippen MR) is 137 cm³/mol. The molecule has 2 heteroatoms. The lowest BCUT2D eigenvalue weighted by Gasteiger charge is -2.31. The fourth-order valence-electron chi connectivity index (χ4n) is 5.18. The second kappa shape index (κ2) is 10.2. The van der Waals surface area contributed by atoms with Gasteiger partial charge in [-0.25, -0.2) is 0 Å². The van der Waals surface area contributed by atoms with Gasteiger partial charge in [0.15, 0.2) is 0 Å². The van der Waals surface area contributed by atoms with E-state index in [1.165, 1.54) is 22.3 Å². The van der Waals surface area contributed by atoms with Crippen molar-refractivity contribution in [3.63, 3.8) is 0 Å². The molecule has 0 amide bonds. The van der Waals surface area contributed by atoms with Crippen LogP contribution in [0.5, 0.6) is 5.75 Å². The lowest BCUT2D eigenvalue weighted by atomic mass is 9.74. The highest BCUT2D eigenvalue weighted by Crippen LogP contribution is 2.52. The van der Waals surface area contributed by atoms with Gasteiger partial charge in [0.2, 0.25) is 0 Å². The zero-order valence-corrected chi connectivity index (χ0v) is 20.2. The molecule has 0 N–H and O–H groups in total. The minimum absolute atomic E-state index is 0.0921. The van der Waals surface area contributed by atoms with E-state index in [4.69, 9.17) is 4.74 Å². The number of allylic oxidation sites excluding steroid dienone is 1. The smallest absolute Gasteiger partial charge is 0.150 e. The Balaban J connectivity index is 0.00000141.